The molecule has 33 heavy (non-hydrogen) atoms. The van der Waals surface area contributed by atoms with Crippen LogP contribution in [0.1, 0.15) is 37.9 Å². The van der Waals surface area contributed by atoms with Gasteiger partial charge in [-0.1, -0.05) is 26.8 Å². The molecule has 0 atom stereocenters. The molecule has 0 aliphatic heterocycles. The topological polar surface area (TPSA) is 89.5 Å². The summed E-state index contributed by atoms with van der Waals surface area (Å²) in [5.41, 5.74) is 2.07. The van der Waals surface area contributed by atoms with Crippen LogP contribution in [-0.2, 0) is 24.4 Å². The van der Waals surface area contributed by atoms with E-state index in [0.29, 0.717) is 25.5 Å². The molecular formula is C25H31N5O3. The number of anilines is 1. The average molecular weight is 450 g/mol. The van der Waals surface area contributed by atoms with Gasteiger partial charge in [-0.2, -0.15) is 0 Å². The Hall–Kier alpha value is -3.52. The Labute approximate surface area is 195 Å². The number of hydrogen-bond acceptors (Lipinski definition) is 7. The second kappa shape index (κ2) is 10.9. The molecule has 0 saturated heterocycles. The fourth-order valence-corrected chi connectivity index (χ4v) is 3.14. The predicted molar refractivity (Wildman–Crippen MR) is 127 cm³/mol. The highest BCUT2D eigenvalue weighted by molar-refractivity contribution is 5.93. The lowest BCUT2D eigenvalue weighted by atomic mass is 9.96. The van der Waals surface area contributed by atoms with Crippen LogP contribution in [0.3, 0.4) is 0 Å². The number of carbonyl (C=O) groups excluding carboxylic acids is 1. The quantitative estimate of drug-likeness (QED) is 0.526. The molecule has 0 aromatic carbocycles. The highest BCUT2D eigenvalue weighted by Crippen LogP contribution is 2.19. The molecule has 0 unspecified atom stereocenters. The molecule has 0 saturated carbocycles. The number of amides is 1. The van der Waals surface area contributed by atoms with Crippen molar-refractivity contribution in [1.29, 1.82) is 0 Å². The molecule has 3 aromatic rings. The maximum absolute atomic E-state index is 12.4. The number of hydrogen-bond donors (Lipinski definition) is 1. The van der Waals surface area contributed by atoms with Crippen LogP contribution in [0.25, 0.3) is 0 Å². The van der Waals surface area contributed by atoms with E-state index in [4.69, 9.17) is 9.47 Å². The van der Waals surface area contributed by atoms with Crippen LogP contribution < -0.4 is 14.8 Å². The van der Waals surface area contributed by atoms with E-state index in [1.54, 1.807) is 32.7 Å². The minimum atomic E-state index is -0.500. The Morgan fingerprint density at radius 3 is 1.94 bits per heavy atom. The molecule has 1 N–H and O–H groups in total. The number of pyridine rings is 3. The molecule has 0 spiro atoms. The van der Waals surface area contributed by atoms with Gasteiger partial charge in [0, 0.05) is 49.6 Å². The van der Waals surface area contributed by atoms with E-state index in [0.717, 1.165) is 28.6 Å². The number of rotatable bonds is 9. The smallest absolute Gasteiger partial charge is 0.230 e. The van der Waals surface area contributed by atoms with Gasteiger partial charge in [0.05, 0.1) is 31.3 Å². The Kier molecular flexibility index (Phi) is 7.95. The molecule has 0 aliphatic rings. The number of ether oxygens (including phenoxy) is 2. The van der Waals surface area contributed by atoms with Gasteiger partial charge >= 0.3 is 0 Å². The lowest BCUT2D eigenvalue weighted by Crippen LogP contribution is -2.28. The average Bonchev–Trinajstić information content (AvgIpc) is 2.79. The first-order valence-corrected chi connectivity index (χ1v) is 10.7. The molecule has 0 bridgehead atoms. The van der Waals surface area contributed by atoms with Crippen molar-refractivity contribution in [3.05, 3.63) is 71.9 Å². The van der Waals surface area contributed by atoms with Gasteiger partial charge in [-0.3, -0.25) is 19.7 Å². The lowest BCUT2D eigenvalue weighted by molar-refractivity contribution is -0.123. The van der Waals surface area contributed by atoms with Crippen LogP contribution in [0.15, 0.2) is 54.9 Å². The van der Waals surface area contributed by atoms with E-state index < -0.39 is 5.41 Å². The second-order valence-corrected chi connectivity index (χ2v) is 8.74. The molecule has 0 fully saturated rings. The van der Waals surface area contributed by atoms with E-state index in [9.17, 15) is 4.79 Å². The summed E-state index contributed by atoms with van der Waals surface area (Å²) in [6.45, 7) is 7.28. The summed E-state index contributed by atoms with van der Waals surface area (Å²) >= 11 is 0. The number of nitrogens with zero attached hydrogens (tertiary/aromatic N) is 4. The zero-order valence-electron chi connectivity index (χ0n) is 19.8. The van der Waals surface area contributed by atoms with Crippen LogP contribution in [0.2, 0.25) is 0 Å². The van der Waals surface area contributed by atoms with E-state index in [1.807, 2.05) is 57.2 Å². The maximum Gasteiger partial charge on any atom is 0.230 e. The van der Waals surface area contributed by atoms with Crippen molar-refractivity contribution in [3.63, 3.8) is 0 Å². The maximum atomic E-state index is 12.4. The first-order valence-electron chi connectivity index (χ1n) is 10.7. The Morgan fingerprint density at radius 1 is 0.879 bits per heavy atom. The van der Waals surface area contributed by atoms with E-state index in [-0.39, 0.29) is 5.91 Å². The minimum absolute atomic E-state index is 0.0785. The number of nitrogens with one attached hydrogen (secondary N) is 1. The van der Waals surface area contributed by atoms with Crippen molar-refractivity contribution in [1.82, 2.24) is 19.9 Å². The fourth-order valence-electron chi connectivity index (χ4n) is 3.14. The molecule has 0 radical (unpaired) electrons. The van der Waals surface area contributed by atoms with Crippen molar-refractivity contribution in [2.45, 2.75) is 40.4 Å². The van der Waals surface area contributed by atoms with E-state index in [2.05, 4.69) is 25.2 Å². The van der Waals surface area contributed by atoms with Crippen molar-refractivity contribution in [2.75, 3.05) is 19.5 Å². The van der Waals surface area contributed by atoms with Gasteiger partial charge in [0.25, 0.3) is 0 Å². The normalized spacial score (nSPS) is 11.3. The minimum Gasteiger partial charge on any atom is -0.497 e. The van der Waals surface area contributed by atoms with Gasteiger partial charge in [0.15, 0.2) is 0 Å². The van der Waals surface area contributed by atoms with Gasteiger partial charge in [-0.15, -0.1) is 0 Å². The van der Waals surface area contributed by atoms with Crippen LogP contribution in [-0.4, -0.2) is 40.0 Å². The molecule has 3 aromatic heterocycles. The molecular weight excluding hydrogens is 418 g/mol. The van der Waals surface area contributed by atoms with Crippen molar-refractivity contribution >= 4 is 11.7 Å². The zero-order valence-corrected chi connectivity index (χ0v) is 19.8. The third-order valence-electron chi connectivity index (χ3n) is 4.93. The Bertz CT molecular complexity index is 1030. The summed E-state index contributed by atoms with van der Waals surface area (Å²) in [5, 5.41) is 2.90. The van der Waals surface area contributed by atoms with E-state index in [1.165, 1.54) is 0 Å². The lowest BCUT2D eigenvalue weighted by Gasteiger charge is -2.22. The van der Waals surface area contributed by atoms with Crippen molar-refractivity contribution in [3.8, 4) is 11.5 Å². The third-order valence-corrected chi connectivity index (χ3v) is 4.93. The summed E-state index contributed by atoms with van der Waals surface area (Å²) in [6, 6.07) is 13.1. The summed E-state index contributed by atoms with van der Waals surface area (Å²) < 4.78 is 10.7. The van der Waals surface area contributed by atoms with Gasteiger partial charge in [-0.25, -0.2) is 4.98 Å². The highest BCUT2D eigenvalue weighted by Gasteiger charge is 2.21. The summed E-state index contributed by atoms with van der Waals surface area (Å²) in [7, 11) is 3.27. The summed E-state index contributed by atoms with van der Waals surface area (Å²) in [6.07, 6.45) is 3.47. The third kappa shape index (κ3) is 7.25. The standard InChI is InChI=1S/C25H31N5O3/c1-25(2,3)24(31)29-23-8-6-7-18(28-23)15-30(16-19-13-21(32-4)9-11-26-19)17-20-14-22(33-5)10-12-27-20/h6-14H,15-17H2,1-5H3,(H,28,29,31). The van der Waals surface area contributed by atoms with Crippen LogP contribution in [0.5, 0.6) is 11.5 Å². The number of methoxy groups -OCH3 is 2. The van der Waals surface area contributed by atoms with Gasteiger partial charge < -0.3 is 14.8 Å². The Balaban J connectivity index is 1.82. The number of aromatic nitrogens is 3. The second-order valence-electron chi connectivity index (χ2n) is 8.74. The SMILES string of the molecule is COc1ccnc(CN(Cc2cc(OC)ccn2)Cc2cccc(NC(=O)C(C)(C)C)n2)c1. The molecule has 1 amide bonds. The van der Waals surface area contributed by atoms with Crippen molar-refractivity contribution < 1.29 is 14.3 Å². The first kappa shape index (κ1) is 24.1. The van der Waals surface area contributed by atoms with Gasteiger partial charge in [0.2, 0.25) is 5.91 Å². The molecule has 3 heterocycles. The molecule has 174 valence electrons. The largest absolute Gasteiger partial charge is 0.497 e. The molecule has 8 nitrogen and oxygen atoms in total. The molecule has 0 aliphatic carbocycles. The molecule has 3 rings (SSSR count). The first-order chi connectivity index (χ1) is 15.8. The highest BCUT2D eigenvalue weighted by atomic mass is 16.5. The van der Waals surface area contributed by atoms with E-state index >= 15 is 0 Å². The molecule has 8 heteroatoms. The summed E-state index contributed by atoms with van der Waals surface area (Å²) in [5.74, 6) is 1.96. The van der Waals surface area contributed by atoms with Crippen molar-refractivity contribution in [2.24, 2.45) is 5.41 Å². The number of carbonyl (C=O) groups is 1. The van der Waals surface area contributed by atoms with Gasteiger partial charge in [-0.05, 0) is 24.3 Å². The zero-order chi connectivity index (χ0) is 23.8. The summed E-state index contributed by atoms with van der Waals surface area (Å²) in [4.78, 5) is 28.2. The predicted octanol–water partition coefficient (Wildman–Crippen LogP) is 4.08. The van der Waals surface area contributed by atoms with Crippen LogP contribution >= 0.6 is 0 Å². The Morgan fingerprint density at radius 2 is 1.42 bits per heavy atom. The van der Waals surface area contributed by atoms with Crippen LogP contribution in [0, 0.1) is 5.41 Å². The monoisotopic (exact) mass is 449 g/mol. The van der Waals surface area contributed by atoms with Crippen LogP contribution in [0.4, 0.5) is 5.82 Å². The fraction of sp³-hybridized carbons (Fsp3) is 0.360. The van der Waals surface area contributed by atoms with Gasteiger partial charge in [0.1, 0.15) is 17.3 Å².